The Bertz CT molecular complexity index is 777. The lowest BCUT2D eigenvalue weighted by Gasteiger charge is -2.37. The lowest BCUT2D eigenvalue weighted by atomic mass is 9.95. The number of amides is 1. The lowest BCUT2D eigenvalue weighted by molar-refractivity contribution is -0.140. The molecule has 0 saturated heterocycles. The van der Waals surface area contributed by atoms with Crippen LogP contribution in [0.2, 0.25) is 0 Å². The maximum Gasteiger partial charge on any atom is 0.338 e. The Morgan fingerprint density at radius 3 is 2.48 bits per heavy atom. The molecule has 8 heteroatoms. The Hall–Kier alpha value is -2.45. The molecule has 2 rings (SSSR count). The van der Waals surface area contributed by atoms with Crippen molar-refractivity contribution in [3.05, 3.63) is 41.1 Å². The van der Waals surface area contributed by atoms with Crippen LogP contribution in [0.25, 0.3) is 0 Å². The number of anilines is 1. The van der Waals surface area contributed by atoms with E-state index >= 15 is 0 Å². The first-order valence-corrected chi connectivity index (χ1v) is 10.2. The summed E-state index contributed by atoms with van der Waals surface area (Å²) in [6.45, 7) is 6.95. The Labute approximate surface area is 177 Å². The highest BCUT2D eigenvalue weighted by atomic mass is 32.1. The molecule has 0 spiro atoms. The molecule has 1 aliphatic heterocycles. The summed E-state index contributed by atoms with van der Waals surface area (Å²) in [4.78, 5) is 26.5. The smallest absolute Gasteiger partial charge is 0.338 e. The quantitative estimate of drug-likeness (QED) is 0.362. The summed E-state index contributed by atoms with van der Waals surface area (Å²) >= 11 is 5.49. The number of carbonyl (C=O) groups is 2. The van der Waals surface area contributed by atoms with Crippen LogP contribution in [-0.4, -0.2) is 48.8 Å². The van der Waals surface area contributed by atoms with Gasteiger partial charge in [-0.15, -0.1) is 0 Å². The molecular formula is C21H29N3O4S. The highest BCUT2D eigenvalue weighted by Crippen LogP contribution is 2.32. The zero-order valence-electron chi connectivity index (χ0n) is 17.4. The molecule has 0 fully saturated rings. The molecule has 0 aliphatic carbocycles. The van der Waals surface area contributed by atoms with Crippen molar-refractivity contribution in [3.63, 3.8) is 0 Å². The first-order valence-electron chi connectivity index (χ1n) is 9.77. The van der Waals surface area contributed by atoms with Crippen LogP contribution in [0.3, 0.4) is 0 Å². The second kappa shape index (κ2) is 10.9. The summed E-state index contributed by atoms with van der Waals surface area (Å²) in [7, 11) is 1.56. The van der Waals surface area contributed by atoms with E-state index < -0.39 is 12.0 Å². The average molecular weight is 420 g/mol. The number of thiocarbonyl (C=S) groups is 1. The molecule has 0 aromatic heterocycles. The number of ether oxygens (including phenoxy) is 2. The average Bonchev–Trinajstić information content (AvgIpc) is 2.68. The van der Waals surface area contributed by atoms with Gasteiger partial charge in [-0.1, -0.05) is 19.1 Å². The molecule has 1 aromatic rings. The molecule has 0 saturated carbocycles. The first kappa shape index (κ1) is 22.8. The molecule has 29 heavy (non-hydrogen) atoms. The van der Waals surface area contributed by atoms with Crippen molar-refractivity contribution in [2.24, 2.45) is 0 Å². The van der Waals surface area contributed by atoms with Crippen molar-refractivity contribution < 1.29 is 19.1 Å². The molecule has 158 valence electrons. The van der Waals surface area contributed by atoms with E-state index in [2.05, 4.69) is 10.6 Å². The van der Waals surface area contributed by atoms with Gasteiger partial charge < -0.3 is 25.0 Å². The fraction of sp³-hybridized carbons (Fsp3) is 0.476. The van der Waals surface area contributed by atoms with Gasteiger partial charge in [-0.25, -0.2) is 4.79 Å². The van der Waals surface area contributed by atoms with Crippen molar-refractivity contribution in [1.82, 2.24) is 10.2 Å². The maximum atomic E-state index is 12.8. The van der Waals surface area contributed by atoms with Crippen LogP contribution in [0.4, 0.5) is 5.69 Å². The summed E-state index contributed by atoms with van der Waals surface area (Å²) in [6.07, 6.45) is 1.27. The molecule has 1 heterocycles. The van der Waals surface area contributed by atoms with Gasteiger partial charge in [-0.05, 0) is 50.2 Å². The van der Waals surface area contributed by atoms with Crippen LogP contribution in [-0.2, 0) is 19.1 Å². The van der Waals surface area contributed by atoms with Crippen LogP contribution in [0.15, 0.2) is 35.5 Å². The fourth-order valence-electron chi connectivity index (χ4n) is 3.18. The van der Waals surface area contributed by atoms with Gasteiger partial charge >= 0.3 is 5.97 Å². The molecule has 0 radical (unpaired) electrons. The Balaban J connectivity index is 2.30. The van der Waals surface area contributed by atoms with Crippen LogP contribution >= 0.6 is 12.2 Å². The molecule has 1 amide bonds. The minimum atomic E-state index is -0.430. The molecule has 0 bridgehead atoms. The highest BCUT2D eigenvalue weighted by Gasteiger charge is 2.34. The number of carbonyl (C=O) groups excluding carboxylic acids is 2. The molecular weight excluding hydrogens is 390 g/mol. The highest BCUT2D eigenvalue weighted by molar-refractivity contribution is 7.80. The minimum absolute atomic E-state index is 0.0195. The Kier molecular flexibility index (Phi) is 8.60. The van der Waals surface area contributed by atoms with E-state index in [1.807, 2.05) is 49.9 Å². The SMILES string of the molecule is CCCC(=O)Nc1ccc([C@@H]2NC(=S)N(CC)C(C)=C2C(=O)OCCOC)cc1. The largest absolute Gasteiger partial charge is 0.460 e. The van der Waals surface area contributed by atoms with Crippen molar-refractivity contribution in [3.8, 4) is 0 Å². The van der Waals surface area contributed by atoms with Gasteiger partial charge in [0.05, 0.1) is 18.2 Å². The number of nitrogens with zero attached hydrogens (tertiary/aromatic N) is 1. The number of nitrogens with one attached hydrogen (secondary N) is 2. The van der Waals surface area contributed by atoms with E-state index in [1.54, 1.807) is 7.11 Å². The van der Waals surface area contributed by atoms with E-state index in [4.69, 9.17) is 21.7 Å². The van der Waals surface area contributed by atoms with Gasteiger partial charge in [0.15, 0.2) is 5.11 Å². The van der Waals surface area contributed by atoms with Crippen LogP contribution in [0.5, 0.6) is 0 Å². The van der Waals surface area contributed by atoms with Crippen molar-refractivity contribution >= 4 is 34.9 Å². The topological polar surface area (TPSA) is 79.9 Å². The fourth-order valence-corrected chi connectivity index (χ4v) is 3.57. The standard InChI is InChI=1S/C21H29N3O4S/c1-5-7-17(25)22-16-10-8-15(9-11-16)19-18(20(26)28-13-12-27-4)14(3)24(6-2)21(29)23-19/h8-11,19H,5-7,12-13H2,1-4H3,(H,22,25)(H,23,29)/t19-/m0/s1. The third-order valence-electron chi connectivity index (χ3n) is 4.66. The zero-order valence-corrected chi connectivity index (χ0v) is 18.2. The van der Waals surface area contributed by atoms with Crippen LogP contribution in [0, 0.1) is 0 Å². The Morgan fingerprint density at radius 1 is 1.21 bits per heavy atom. The van der Waals surface area contributed by atoms with Gasteiger partial charge in [0, 0.05) is 31.5 Å². The summed E-state index contributed by atoms with van der Waals surface area (Å²) in [6, 6.07) is 6.96. The van der Waals surface area contributed by atoms with E-state index in [0.717, 1.165) is 17.7 Å². The molecule has 1 aromatic carbocycles. The number of allylic oxidation sites excluding steroid dienone is 1. The minimum Gasteiger partial charge on any atom is -0.460 e. The summed E-state index contributed by atoms with van der Waals surface area (Å²) in [5, 5.41) is 6.67. The summed E-state index contributed by atoms with van der Waals surface area (Å²) < 4.78 is 10.4. The number of benzene rings is 1. The summed E-state index contributed by atoms with van der Waals surface area (Å²) in [5.41, 5.74) is 2.85. The van der Waals surface area contributed by atoms with Gasteiger partial charge in [-0.2, -0.15) is 0 Å². The van der Waals surface area contributed by atoms with Gasteiger partial charge in [0.1, 0.15) is 6.61 Å². The molecule has 1 atom stereocenters. The van der Waals surface area contributed by atoms with Gasteiger partial charge in [-0.3, -0.25) is 4.79 Å². The van der Waals surface area contributed by atoms with Crippen LogP contribution in [0.1, 0.15) is 45.2 Å². The number of methoxy groups -OCH3 is 1. The zero-order chi connectivity index (χ0) is 21.4. The van der Waals surface area contributed by atoms with E-state index in [-0.39, 0.29) is 12.5 Å². The second-order valence-electron chi connectivity index (χ2n) is 6.67. The second-order valence-corrected chi connectivity index (χ2v) is 7.06. The van der Waals surface area contributed by atoms with E-state index in [0.29, 0.717) is 35.9 Å². The molecule has 1 aliphatic rings. The molecule has 2 N–H and O–H groups in total. The number of hydrogen-bond acceptors (Lipinski definition) is 5. The van der Waals surface area contributed by atoms with Gasteiger partial charge in [0.25, 0.3) is 0 Å². The van der Waals surface area contributed by atoms with Crippen molar-refractivity contribution in [2.45, 2.75) is 39.7 Å². The number of hydrogen-bond donors (Lipinski definition) is 2. The number of rotatable bonds is 9. The number of esters is 1. The van der Waals surface area contributed by atoms with E-state index in [9.17, 15) is 9.59 Å². The van der Waals surface area contributed by atoms with Crippen LogP contribution < -0.4 is 10.6 Å². The van der Waals surface area contributed by atoms with E-state index in [1.165, 1.54) is 0 Å². The third-order valence-corrected chi connectivity index (χ3v) is 5.00. The lowest BCUT2D eigenvalue weighted by Crippen LogP contribution is -2.47. The predicted molar refractivity (Wildman–Crippen MR) is 116 cm³/mol. The normalized spacial score (nSPS) is 16.5. The first-order chi connectivity index (χ1) is 13.9. The third kappa shape index (κ3) is 5.77. The van der Waals surface area contributed by atoms with Gasteiger partial charge in [0.2, 0.25) is 5.91 Å². The Morgan fingerprint density at radius 2 is 1.90 bits per heavy atom. The maximum absolute atomic E-state index is 12.8. The predicted octanol–water partition coefficient (Wildman–Crippen LogP) is 3.14. The van der Waals surface area contributed by atoms with Crippen molar-refractivity contribution in [1.29, 1.82) is 0 Å². The molecule has 7 nitrogen and oxygen atoms in total. The summed E-state index contributed by atoms with van der Waals surface area (Å²) in [5.74, 6) is -0.424. The molecule has 0 unspecified atom stereocenters. The monoisotopic (exact) mass is 419 g/mol. The van der Waals surface area contributed by atoms with Crippen molar-refractivity contribution in [2.75, 3.05) is 32.2 Å².